The second kappa shape index (κ2) is 11.6. The van der Waals surface area contributed by atoms with E-state index in [4.69, 9.17) is 28.4 Å². The second-order valence-electron chi connectivity index (χ2n) is 8.14. The molecule has 0 aromatic heterocycles. The van der Waals surface area contributed by atoms with E-state index in [2.05, 4.69) is 0 Å². The number of ether oxygens (including phenoxy) is 6. The fraction of sp³-hybridized carbons (Fsp3) is 0.800. The first-order chi connectivity index (χ1) is 16.2. The topological polar surface area (TPSA) is 225 Å². The van der Waals surface area contributed by atoms with Crippen LogP contribution in [-0.2, 0) is 47.6 Å². The lowest BCUT2D eigenvalue weighted by Gasteiger charge is -2.53. The summed E-state index contributed by atoms with van der Waals surface area (Å²) in [4.78, 5) is 47.0. The van der Waals surface area contributed by atoms with Gasteiger partial charge in [-0.25, -0.2) is 0 Å². The third-order valence-electron chi connectivity index (χ3n) is 5.40. The first kappa shape index (κ1) is 28.8. The molecule has 0 aliphatic carbocycles. The van der Waals surface area contributed by atoms with Crippen molar-refractivity contribution in [3.8, 4) is 0 Å². The van der Waals surface area contributed by atoms with E-state index in [1.807, 2.05) is 0 Å². The van der Waals surface area contributed by atoms with E-state index < -0.39 is 97.8 Å². The number of hydrogen-bond donors (Lipinski definition) is 5. The molecular formula is C20H30O15. The highest BCUT2D eigenvalue weighted by atomic mass is 16.7. The first-order valence-electron chi connectivity index (χ1n) is 10.6. The molecule has 200 valence electrons. The van der Waals surface area contributed by atoms with Crippen molar-refractivity contribution in [1.29, 1.82) is 0 Å². The quantitative estimate of drug-likeness (QED) is 0.164. The van der Waals surface area contributed by atoms with Gasteiger partial charge in [-0.1, -0.05) is 0 Å². The highest BCUT2D eigenvalue weighted by Gasteiger charge is 2.65. The van der Waals surface area contributed by atoms with Crippen LogP contribution in [0, 0.1) is 0 Å². The van der Waals surface area contributed by atoms with Crippen molar-refractivity contribution in [1.82, 2.24) is 0 Å². The van der Waals surface area contributed by atoms with Crippen LogP contribution in [0.25, 0.3) is 0 Å². The molecule has 15 nitrogen and oxygen atoms in total. The normalized spacial score (nSPS) is 39.3. The lowest BCUT2D eigenvalue weighted by atomic mass is 9.83. The number of esters is 4. The van der Waals surface area contributed by atoms with Gasteiger partial charge in [-0.3, -0.25) is 19.2 Å². The number of carbonyl (C=O) groups excluding carboxylic acids is 4. The molecule has 10 atom stereocenters. The lowest BCUT2D eigenvalue weighted by molar-refractivity contribution is -0.406. The van der Waals surface area contributed by atoms with Crippen molar-refractivity contribution in [2.24, 2.45) is 0 Å². The first-order valence-corrected chi connectivity index (χ1v) is 10.6. The summed E-state index contributed by atoms with van der Waals surface area (Å²) in [7, 11) is 0. The van der Waals surface area contributed by atoms with Crippen LogP contribution in [-0.4, -0.2) is 123 Å². The minimum atomic E-state index is -2.99. The van der Waals surface area contributed by atoms with E-state index in [0.717, 1.165) is 27.7 Å². The summed E-state index contributed by atoms with van der Waals surface area (Å²) >= 11 is 0. The van der Waals surface area contributed by atoms with E-state index in [1.54, 1.807) is 0 Å². The Kier molecular flexibility index (Phi) is 9.52. The van der Waals surface area contributed by atoms with Gasteiger partial charge in [-0.2, -0.15) is 0 Å². The third-order valence-corrected chi connectivity index (χ3v) is 5.40. The van der Waals surface area contributed by atoms with E-state index >= 15 is 0 Å². The Morgan fingerprint density at radius 1 is 0.771 bits per heavy atom. The van der Waals surface area contributed by atoms with Gasteiger partial charge in [-0.15, -0.1) is 0 Å². The van der Waals surface area contributed by atoms with Crippen molar-refractivity contribution in [2.45, 2.75) is 88.4 Å². The van der Waals surface area contributed by atoms with Crippen LogP contribution in [0.5, 0.6) is 0 Å². The van der Waals surface area contributed by atoms with Gasteiger partial charge in [0, 0.05) is 27.7 Å². The SMILES string of the molecule is CC(=O)OC[C@@H]1O[C@@H](C2(O)O[C@H](CO)[C@@H](O)[C@H](O)[C@H]2O)[C@H](OC(C)=O)[C@@H](OC(C)=O)[C@@H]1OC(C)=O. The molecule has 2 rings (SSSR count). The predicted molar refractivity (Wildman–Crippen MR) is 107 cm³/mol. The Balaban J connectivity index is 2.63. The Bertz CT molecular complexity index is 799. The summed E-state index contributed by atoms with van der Waals surface area (Å²) in [6, 6.07) is 0. The molecule has 2 fully saturated rings. The number of aliphatic hydroxyl groups excluding tert-OH is 4. The molecule has 1 unspecified atom stereocenters. The van der Waals surface area contributed by atoms with Gasteiger partial charge in [0.05, 0.1) is 6.61 Å². The number of hydrogen-bond acceptors (Lipinski definition) is 15. The third kappa shape index (κ3) is 6.43. The zero-order chi connectivity index (χ0) is 26.7. The van der Waals surface area contributed by atoms with Gasteiger partial charge in [0.25, 0.3) is 0 Å². The maximum absolute atomic E-state index is 11.9. The zero-order valence-corrected chi connectivity index (χ0v) is 19.4. The molecule has 35 heavy (non-hydrogen) atoms. The molecule has 0 spiro atoms. The van der Waals surface area contributed by atoms with E-state index in [9.17, 15) is 44.7 Å². The number of aliphatic hydroxyl groups is 5. The second-order valence-corrected chi connectivity index (χ2v) is 8.14. The molecule has 2 aliphatic rings. The molecule has 2 saturated heterocycles. The highest BCUT2D eigenvalue weighted by molar-refractivity contribution is 5.68. The zero-order valence-electron chi connectivity index (χ0n) is 19.4. The summed E-state index contributed by atoms with van der Waals surface area (Å²) in [5.41, 5.74) is 0. The molecule has 2 aliphatic heterocycles. The molecular weight excluding hydrogens is 480 g/mol. The monoisotopic (exact) mass is 510 g/mol. The van der Waals surface area contributed by atoms with Crippen LogP contribution in [0.2, 0.25) is 0 Å². The van der Waals surface area contributed by atoms with Crippen LogP contribution in [0.15, 0.2) is 0 Å². The summed E-state index contributed by atoms with van der Waals surface area (Å²) in [5.74, 6) is -6.55. The molecule has 15 heteroatoms. The number of rotatable bonds is 7. The summed E-state index contributed by atoms with van der Waals surface area (Å²) in [5, 5.41) is 51.8. The largest absolute Gasteiger partial charge is 0.463 e. The minimum absolute atomic E-state index is 0.616. The Hall–Kier alpha value is -2.40. The fourth-order valence-electron chi connectivity index (χ4n) is 3.98. The Morgan fingerprint density at radius 3 is 1.77 bits per heavy atom. The summed E-state index contributed by atoms with van der Waals surface area (Å²) < 4.78 is 31.6. The van der Waals surface area contributed by atoms with Crippen LogP contribution in [0.4, 0.5) is 0 Å². The van der Waals surface area contributed by atoms with Gasteiger partial charge < -0.3 is 54.0 Å². The maximum Gasteiger partial charge on any atom is 0.303 e. The van der Waals surface area contributed by atoms with Crippen molar-refractivity contribution < 1.29 is 73.1 Å². The molecule has 0 aromatic carbocycles. The molecule has 0 amide bonds. The molecule has 2 heterocycles. The highest BCUT2D eigenvalue weighted by Crippen LogP contribution is 2.40. The number of carbonyl (C=O) groups is 4. The van der Waals surface area contributed by atoms with Gasteiger partial charge in [0.1, 0.15) is 37.1 Å². The molecule has 0 saturated carbocycles. The molecule has 0 bridgehead atoms. The average molecular weight is 510 g/mol. The van der Waals surface area contributed by atoms with Gasteiger partial charge >= 0.3 is 23.9 Å². The van der Waals surface area contributed by atoms with E-state index in [0.29, 0.717) is 0 Å². The van der Waals surface area contributed by atoms with Gasteiger partial charge in [0.2, 0.25) is 5.79 Å². The van der Waals surface area contributed by atoms with Crippen molar-refractivity contribution in [3.05, 3.63) is 0 Å². The Morgan fingerprint density at radius 2 is 1.29 bits per heavy atom. The molecule has 0 aromatic rings. The summed E-state index contributed by atoms with van der Waals surface area (Å²) in [6.07, 6.45) is -16.4. The van der Waals surface area contributed by atoms with Crippen molar-refractivity contribution in [2.75, 3.05) is 13.2 Å². The van der Waals surface area contributed by atoms with Crippen LogP contribution >= 0.6 is 0 Å². The standard InChI is InChI=1S/C20H30O15/c1-7(22)30-6-12-15(31-8(2)23)16(32-9(3)24)17(33-10(4)25)19(34-12)20(29)18(28)14(27)13(26)11(5-21)35-20/h11-19,21,26-29H,5-6H2,1-4H3/t11-,12+,13-,14+,15-,16+,17-,18-,19-,20?/m1/s1. The van der Waals surface area contributed by atoms with Gasteiger partial charge in [0.15, 0.2) is 24.4 Å². The van der Waals surface area contributed by atoms with Crippen LogP contribution in [0.1, 0.15) is 27.7 Å². The van der Waals surface area contributed by atoms with Crippen molar-refractivity contribution in [3.63, 3.8) is 0 Å². The fourth-order valence-corrected chi connectivity index (χ4v) is 3.98. The van der Waals surface area contributed by atoms with Crippen LogP contribution < -0.4 is 0 Å². The van der Waals surface area contributed by atoms with E-state index in [1.165, 1.54) is 0 Å². The smallest absolute Gasteiger partial charge is 0.303 e. The van der Waals surface area contributed by atoms with E-state index in [-0.39, 0.29) is 0 Å². The van der Waals surface area contributed by atoms with Crippen molar-refractivity contribution >= 4 is 23.9 Å². The van der Waals surface area contributed by atoms with Crippen LogP contribution in [0.3, 0.4) is 0 Å². The van der Waals surface area contributed by atoms with Gasteiger partial charge in [-0.05, 0) is 0 Å². The average Bonchev–Trinajstić information content (AvgIpc) is 2.75. The molecule has 0 radical (unpaired) electrons. The minimum Gasteiger partial charge on any atom is -0.463 e. The summed E-state index contributed by atoms with van der Waals surface area (Å²) in [6.45, 7) is 2.51. The maximum atomic E-state index is 11.9. The molecule has 5 N–H and O–H groups in total. The lowest BCUT2D eigenvalue weighted by Crippen LogP contribution is -2.76. The predicted octanol–water partition coefficient (Wildman–Crippen LogP) is -3.73. The Labute approximate surface area is 199 Å².